The van der Waals surface area contributed by atoms with E-state index in [4.69, 9.17) is 14.0 Å². The molecule has 2 heterocycles. The van der Waals surface area contributed by atoms with Crippen molar-refractivity contribution in [3.8, 4) is 22.9 Å². The molecule has 10 nitrogen and oxygen atoms in total. The molecule has 2 aromatic carbocycles. The first kappa shape index (κ1) is 31.4. The highest BCUT2D eigenvalue weighted by Gasteiger charge is 2.25. The summed E-state index contributed by atoms with van der Waals surface area (Å²) in [7, 11) is 1.57. The molecule has 1 N–H and O–H groups in total. The van der Waals surface area contributed by atoms with Crippen molar-refractivity contribution in [2.45, 2.75) is 57.9 Å². The molecule has 0 radical (unpaired) electrons. The Kier molecular flexibility index (Phi) is 10.8. The van der Waals surface area contributed by atoms with E-state index in [2.05, 4.69) is 20.4 Å². The Morgan fingerprint density at radius 1 is 1.05 bits per heavy atom. The molecule has 44 heavy (non-hydrogen) atoms. The van der Waals surface area contributed by atoms with E-state index in [1.54, 1.807) is 50.4 Å². The van der Waals surface area contributed by atoms with Crippen LogP contribution < -0.4 is 14.8 Å². The SMILES string of the molecule is COc1ccc(C(=O)N[C@H](C)C(=O)N2CCCN(CCCOc3ccc(-c4noc(CC5CCCC5)n4)c(F)c3)CC2)cc1. The molecular weight excluding hydrogens is 565 g/mol. The molecule has 0 bridgehead atoms. The summed E-state index contributed by atoms with van der Waals surface area (Å²) in [5, 5.41) is 6.80. The minimum absolute atomic E-state index is 0.0895. The molecule has 1 saturated heterocycles. The highest BCUT2D eigenvalue weighted by molar-refractivity contribution is 5.97. The molecule has 1 aliphatic carbocycles. The highest BCUT2D eigenvalue weighted by atomic mass is 19.1. The maximum Gasteiger partial charge on any atom is 0.251 e. The van der Waals surface area contributed by atoms with E-state index in [0.29, 0.717) is 54.1 Å². The van der Waals surface area contributed by atoms with E-state index in [9.17, 15) is 14.0 Å². The van der Waals surface area contributed by atoms with Crippen LogP contribution in [-0.2, 0) is 11.2 Å². The quantitative estimate of drug-likeness (QED) is 0.294. The number of halogens is 1. The zero-order chi connectivity index (χ0) is 30.9. The van der Waals surface area contributed by atoms with E-state index < -0.39 is 11.9 Å². The summed E-state index contributed by atoms with van der Waals surface area (Å²) in [5.74, 6) is 1.71. The number of amides is 2. The Bertz CT molecular complexity index is 1390. The number of rotatable bonds is 12. The molecule has 1 aromatic heterocycles. The van der Waals surface area contributed by atoms with Crippen LogP contribution >= 0.6 is 0 Å². The highest BCUT2D eigenvalue weighted by Crippen LogP contribution is 2.29. The molecule has 2 fully saturated rings. The molecule has 11 heteroatoms. The van der Waals surface area contributed by atoms with Crippen molar-refractivity contribution in [1.82, 2.24) is 25.3 Å². The molecule has 2 aliphatic rings. The number of carbonyl (C=O) groups is 2. The topological polar surface area (TPSA) is 110 Å². The maximum atomic E-state index is 14.9. The molecule has 236 valence electrons. The van der Waals surface area contributed by atoms with Gasteiger partial charge in [-0.1, -0.05) is 18.0 Å². The summed E-state index contributed by atoms with van der Waals surface area (Å²) in [6, 6.07) is 10.9. The first-order valence-corrected chi connectivity index (χ1v) is 15.6. The summed E-state index contributed by atoms with van der Waals surface area (Å²) < 4.78 is 31.2. The van der Waals surface area contributed by atoms with E-state index >= 15 is 0 Å². The average Bonchev–Trinajstić information content (AvgIpc) is 3.67. The van der Waals surface area contributed by atoms with Gasteiger partial charge in [-0.15, -0.1) is 0 Å². The molecule has 1 aliphatic heterocycles. The monoisotopic (exact) mass is 607 g/mol. The van der Waals surface area contributed by atoms with Crippen molar-refractivity contribution in [2.24, 2.45) is 5.92 Å². The number of hydrogen-bond donors (Lipinski definition) is 1. The minimum atomic E-state index is -0.629. The smallest absolute Gasteiger partial charge is 0.251 e. The van der Waals surface area contributed by atoms with Crippen LogP contribution in [0.3, 0.4) is 0 Å². The fourth-order valence-electron chi connectivity index (χ4n) is 5.93. The Morgan fingerprint density at radius 3 is 2.57 bits per heavy atom. The molecule has 1 saturated carbocycles. The molecule has 0 spiro atoms. The first-order valence-electron chi connectivity index (χ1n) is 15.6. The zero-order valence-corrected chi connectivity index (χ0v) is 25.6. The minimum Gasteiger partial charge on any atom is -0.497 e. The molecular formula is C33H42FN5O5. The van der Waals surface area contributed by atoms with Gasteiger partial charge in [-0.05, 0) is 81.5 Å². The van der Waals surface area contributed by atoms with Crippen LogP contribution in [0.25, 0.3) is 11.4 Å². The number of hydrogen-bond acceptors (Lipinski definition) is 8. The lowest BCUT2D eigenvalue weighted by Crippen LogP contribution is -2.48. The summed E-state index contributed by atoms with van der Waals surface area (Å²) in [4.78, 5) is 34.2. The fraction of sp³-hybridized carbons (Fsp3) is 0.515. The molecule has 0 unspecified atom stereocenters. The Hall–Kier alpha value is -3.99. The summed E-state index contributed by atoms with van der Waals surface area (Å²) in [6.07, 6.45) is 7.21. The van der Waals surface area contributed by atoms with Gasteiger partial charge in [-0.2, -0.15) is 4.98 Å². The van der Waals surface area contributed by atoms with Gasteiger partial charge in [-0.3, -0.25) is 9.59 Å². The van der Waals surface area contributed by atoms with Gasteiger partial charge in [0.1, 0.15) is 23.4 Å². The molecule has 1 atom stereocenters. The first-order chi connectivity index (χ1) is 21.4. The van der Waals surface area contributed by atoms with Crippen LogP contribution in [0.2, 0.25) is 0 Å². The molecule has 3 aromatic rings. The lowest BCUT2D eigenvalue weighted by atomic mass is 10.0. The van der Waals surface area contributed by atoms with Crippen LogP contribution in [0.4, 0.5) is 4.39 Å². The third-order valence-electron chi connectivity index (χ3n) is 8.45. The van der Waals surface area contributed by atoms with Gasteiger partial charge >= 0.3 is 0 Å². The van der Waals surface area contributed by atoms with Gasteiger partial charge in [0.05, 0.1) is 19.3 Å². The standard InChI is InChI=1S/C33H42FN5O5/c1-23(35-32(40)25-9-11-26(42-2)12-10-25)33(41)39-17-5-15-38(18-19-39)16-6-20-43-27-13-14-28(29(34)22-27)31-36-30(44-37-31)21-24-7-3-4-8-24/h9-14,22-24H,3-8,15-21H2,1-2H3,(H,35,40)/t23-/m1/s1. The number of carbonyl (C=O) groups excluding carboxylic acids is 2. The summed E-state index contributed by atoms with van der Waals surface area (Å²) in [6.45, 7) is 5.81. The number of nitrogens with zero attached hydrogens (tertiary/aromatic N) is 4. The predicted octanol–water partition coefficient (Wildman–Crippen LogP) is 4.74. The van der Waals surface area contributed by atoms with Crippen LogP contribution in [-0.4, -0.2) is 84.2 Å². The van der Waals surface area contributed by atoms with Crippen molar-refractivity contribution in [3.05, 3.63) is 59.7 Å². The van der Waals surface area contributed by atoms with Crippen molar-refractivity contribution < 1.29 is 28.0 Å². The van der Waals surface area contributed by atoms with Crippen molar-refractivity contribution in [3.63, 3.8) is 0 Å². The maximum absolute atomic E-state index is 14.9. The fourth-order valence-corrected chi connectivity index (χ4v) is 5.93. The van der Waals surface area contributed by atoms with Crippen molar-refractivity contribution in [1.29, 1.82) is 0 Å². The van der Waals surface area contributed by atoms with Crippen LogP contribution in [0.15, 0.2) is 47.0 Å². The predicted molar refractivity (Wildman–Crippen MR) is 163 cm³/mol. The second kappa shape index (κ2) is 15.1. The Morgan fingerprint density at radius 2 is 1.82 bits per heavy atom. The van der Waals surface area contributed by atoms with Gasteiger partial charge in [0.25, 0.3) is 5.91 Å². The largest absolute Gasteiger partial charge is 0.497 e. The van der Waals surface area contributed by atoms with Crippen molar-refractivity contribution >= 4 is 11.8 Å². The van der Waals surface area contributed by atoms with Crippen LogP contribution in [0.1, 0.15) is 61.7 Å². The third kappa shape index (κ3) is 8.34. The summed E-state index contributed by atoms with van der Waals surface area (Å²) in [5.41, 5.74) is 0.779. The second-order valence-corrected chi connectivity index (χ2v) is 11.7. The van der Waals surface area contributed by atoms with E-state index in [1.807, 2.05) is 4.90 Å². The van der Waals surface area contributed by atoms with Gasteiger partial charge in [0, 0.05) is 44.2 Å². The third-order valence-corrected chi connectivity index (χ3v) is 8.45. The zero-order valence-electron chi connectivity index (χ0n) is 25.6. The number of benzene rings is 2. The van der Waals surface area contributed by atoms with Crippen molar-refractivity contribution in [2.75, 3.05) is 46.4 Å². The Labute approximate surface area is 257 Å². The number of methoxy groups -OCH3 is 1. The van der Waals surface area contributed by atoms with Gasteiger partial charge < -0.3 is 29.1 Å². The lowest BCUT2D eigenvalue weighted by molar-refractivity contribution is -0.132. The lowest BCUT2D eigenvalue weighted by Gasteiger charge is -2.25. The summed E-state index contributed by atoms with van der Waals surface area (Å²) >= 11 is 0. The second-order valence-electron chi connectivity index (χ2n) is 11.7. The van der Waals surface area contributed by atoms with Crippen LogP contribution in [0, 0.1) is 11.7 Å². The Balaban J connectivity index is 1.02. The molecule has 5 rings (SSSR count). The van der Waals surface area contributed by atoms with E-state index in [0.717, 1.165) is 38.9 Å². The van der Waals surface area contributed by atoms with Gasteiger partial charge in [-0.25, -0.2) is 4.39 Å². The van der Waals surface area contributed by atoms with E-state index in [-0.39, 0.29) is 17.6 Å². The normalized spacial score (nSPS) is 16.8. The van der Waals surface area contributed by atoms with E-state index in [1.165, 1.54) is 31.7 Å². The number of aromatic nitrogens is 2. The van der Waals surface area contributed by atoms with Crippen LogP contribution in [0.5, 0.6) is 11.5 Å². The average molecular weight is 608 g/mol. The van der Waals surface area contributed by atoms with Gasteiger partial charge in [0.2, 0.25) is 17.6 Å². The van der Waals surface area contributed by atoms with Gasteiger partial charge in [0.15, 0.2) is 0 Å². The number of ether oxygens (including phenoxy) is 2. The number of nitrogens with one attached hydrogen (secondary N) is 1. The molecule has 2 amide bonds.